The van der Waals surface area contributed by atoms with Crippen molar-refractivity contribution in [3.8, 4) is 0 Å². The molecule has 2 N–H and O–H groups in total. The van der Waals surface area contributed by atoms with E-state index in [4.69, 9.17) is 9.47 Å². The van der Waals surface area contributed by atoms with Crippen molar-refractivity contribution in [3.05, 3.63) is 0 Å². The fourth-order valence-electron chi connectivity index (χ4n) is 2.50. The summed E-state index contributed by atoms with van der Waals surface area (Å²) in [5.41, 5.74) is -0.350. The van der Waals surface area contributed by atoms with Gasteiger partial charge >= 0.3 is 6.09 Å². The summed E-state index contributed by atoms with van der Waals surface area (Å²) in [5.74, 6) is 0. The van der Waals surface area contributed by atoms with E-state index in [9.17, 15) is 15.0 Å². The number of aliphatic imine (C=N–C) groups is 1. The van der Waals surface area contributed by atoms with E-state index in [2.05, 4.69) is 9.89 Å². The van der Waals surface area contributed by atoms with Crippen LogP contribution in [0, 0.1) is 0 Å². The Kier molecular flexibility index (Phi) is 4.49. The average Bonchev–Trinajstić information content (AvgIpc) is 2.82. The second kappa shape index (κ2) is 6.23. The number of aliphatic hydroxyl groups is 2. The largest absolute Gasteiger partial charge is 0.447 e. The highest BCUT2D eigenvalue weighted by Crippen LogP contribution is 2.38. The van der Waals surface area contributed by atoms with E-state index >= 15 is 0 Å². The Morgan fingerprint density at radius 2 is 2.18 bits per heavy atom. The lowest BCUT2D eigenvalue weighted by molar-refractivity contribution is -0.165. The highest BCUT2D eigenvalue weighted by Gasteiger charge is 2.49. The zero-order valence-corrected chi connectivity index (χ0v) is 13.4. The summed E-state index contributed by atoms with van der Waals surface area (Å²) in [6, 6.07) is -0.476. The number of amidine groups is 1. The van der Waals surface area contributed by atoms with E-state index in [1.165, 1.54) is 16.7 Å². The van der Waals surface area contributed by atoms with Crippen molar-refractivity contribution in [2.45, 2.75) is 36.2 Å². The molecule has 0 aromatic carbocycles. The van der Waals surface area contributed by atoms with Crippen LogP contribution in [0.4, 0.5) is 4.79 Å². The van der Waals surface area contributed by atoms with E-state index in [1.54, 1.807) is 14.1 Å². The van der Waals surface area contributed by atoms with Gasteiger partial charge in [0.1, 0.15) is 36.4 Å². The topological polar surface area (TPSA) is 94.8 Å². The molecule has 1 amide bonds. The number of likely N-dealkylation sites (tertiary alicyclic amines) is 1. The number of thioether (sulfide) groups is 1. The lowest BCUT2D eigenvalue weighted by Gasteiger charge is -2.38. The molecule has 8 nitrogen and oxygen atoms in total. The maximum Gasteiger partial charge on any atom is 0.409 e. The van der Waals surface area contributed by atoms with Gasteiger partial charge in [-0.2, -0.15) is 0 Å². The number of amides is 1. The fourth-order valence-corrected chi connectivity index (χ4v) is 3.78. The molecule has 5 atom stereocenters. The van der Waals surface area contributed by atoms with Crippen molar-refractivity contribution >= 4 is 23.0 Å². The Morgan fingerprint density at radius 3 is 2.77 bits per heavy atom. The number of carbonyl (C=O) groups excluding carboxylic acids is 1. The minimum absolute atomic E-state index is 0.0991. The molecule has 0 saturated carbocycles. The molecular weight excluding hydrogens is 310 g/mol. The zero-order chi connectivity index (χ0) is 15.9. The number of nitrogens with zero attached hydrogens (tertiary/aromatic N) is 3. The smallest absolute Gasteiger partial charge is 0.409 e. The minimum atomic E-state index is -1.13. The van der Waals surface area contributed by atoms with Gasteiger partial charge < -0.3 is 29.5 Å². The molecule has 124 valence electrons. The van der Waals surface area contributed by atoms with Gasteiger partial charge in [-0.25, -0.2) is 4.79 Å². The van der Waals surface area contributed by atoms with Gasteiger partial charge in [0.25, 0.3) is 0 Å². The van der Waals surface area contributed by atoms with Gasteiger partial charge in [0.15, 0.2) is 5.17 Å². The first-order chi connectivity index (χ1) is 10.5. The van der Waals surface area contributed by atoms with Crippen molar-refractivity contribution < 1.29 is 24.5 Å². The molecule has 0 radical (unpaired) electrons. The van der Waals surface area contributed by atoms with Gasteiger partial charge in [0, 0.05) is 27.2 Å². The minimum Gasteiger partial charge on any atom is -0.447 e. The van der Waals surface area contributed by atoms with Crippen LogP contribution in [0.3, 0.4) is 0 Å². The van der Waals surface area contributed by atoms with E-state index in [0.29, 0.717) is 0 Å². The van der Waals surface area contributed by atoms with Gasteiger partial charge in [-0.15, -0.1) is 0 Å². The standard InChI is InChI=1S/C13H21N3O5S/c1-15(2)13(19)20-6-7-9(17)10(18)8-11(21-7)22-12(14-8)16-4-3-5-16/h7-11,17-18H,3-6H2,1-2H3. The molecular formula is C13H21N3O5S. The molecule has 3 aliphatic rings. The van der Waals surface area contributed by atoms with Crippen LogP contribution < -0.4 is 0 Å². The number of rotatable bonds is 2. The number of hydrogen-bond acceptors (Lipinski definition) is 8. The maximum absolute atomic E-state index is 11.5. The third-order valence-electron chi connectivity index (χ3n) is 4.01. The molecule has 0 bridgehead atoms. The Bertz CT molecular complexity index is 471. The van der Waals surface area contributed by atoms with Crippen molar-refractivity contribution in [2.24, 2.45) is 4.99 Å². The van der Waals surface area contributed by atoms with Gasteiger partial charge in [-0.3, -0.25) is 4.99 Å². The Morgan fingerprint density at radius 1 is 1.45 bits per heavy atom. The predicted molar refractivity (Wildman–Crippen MR) is 80.7 cm³/mol. The summed E-state index contributed by atoms with van der Waals surface area (Å²) in [5, 5.41) is 21.3. The van der Waals surface area contributed by atoms with Gasteiger partial charge in [0.05, 0.1) is 0 Å². The average molecular weight is 331 g/mol. The van der Waals surface area contributed by atoms with Crippen molar-refractivity contribution in [1.29, 1.82) is 0 Å². The van der Waals surface area contributed by atoms with Crippen molar-refractivity contribution in [2.75, 3.05) is 33.8 Å². The summed E-state index contributed by atoms with van der Waals surface area (Å²) >= 11 is 1.46. The van der Waals surface area contributed by atoms with Crippen LogP contribution in [-0.2, 0) is 9.47 Å². The molecule has 0 aromatic rings. The third kappa shape index (κ3) is 2.90. The highest BCUT2D eigenvalue weighted by atomic mass is 32.2. The SMILES string of the molecule is CN(C)C(=O)OCC1OC2SC(N3CCC3)=NC2C(O)C1O. The highest BCUT2D eigenvalue weighted by molar-refractivity contribution is 8.14. The summed E-state index contributed by atoms with van der Waals surface area (Å²) in [6.07, 6.45) is -2.27. The van der Waals surface area contributed by atoms with Crippen LogP contribution in [0.15, 0.2) is 4.99 Å². The molecule has 0 aromatic heterocycles. The van der Waals surface area contributed by atoms with Crippen molar-refractivity contribution in [3.63, 3.8) is 0 Å². The second-order valence-corrected chi connectivity index (χ2v) is 6.92. The van der Waals surface area contributed by atoms with Gasteiger partial charge in [-0.05, 0) is 6.42 Å². The van der Waals surface area contributed by atoms with Crippen LogP contribution in [0.2, 0.25) is 0 Å². The van der Waals surface area contributed by atoms with Crippen LogP contribution in [0.5, 0.6) is 0 Å². The molecule has 0 spiro atoms. The predicted octanol–water partition coefficient (Wildman–Crippen LogP) is -0.692. The third-order valence-corrected chi connectivity index (χ3v) is 5.21. The Labute approximate surface area is 133 Å². The van der Waals surface area contributed by atoms with Crippen LogP contribution >= 0.6 is 11.8 Å². The van der Waals surface area contributed by atoms with E-state index < -0.39 is 30.4 Å². The molecule has 0 aliphatic carbocycles. The van der Waals surface area contributed by atoms with Gasteiger partial charge in [0.2, 0.25) is 0 Å². The van der Waals surface area contributed by atoms with Gasteiger partial charge in [-0.1, -0.05) is 11.8 Å². The zero-order valence-electron chi connectivity index (χ0n) is 12.6. The van der Waals surface area contributed by atoms with E-state index in [0.717, 1.165) is 24.7 Å². The van der Waals surface area contributed by atoms with E-state index in [-0.39, 0.29) is 12.0 Å². The first-order valence-electron chi connectivity index (χ1n) is 7.32. The number of aliphatic hydroxyl groups excluding tert-OH is 2. The number of ether oxygens (including phenoxy) is 2. The quantitative estimate of drug-likeness (QED) is 0.691. The molecule has 9 heteroatoms. The fraction of sp³-hybridized carbons (Fsp3) is 0.846. The Hall–Kier alpha value is -1.03. The number of carbonyl (C=O) groups is 1. The maximum atomic E-state index is 11.5. The normalized spacial score (nSPS) is 37.2. The van der Waals surface area contributed by atoms with Crippen LogP contribution in [0.25, 0.3) is 0 Å². The monoisotopic (exact) mass is 331 g/mol. The first kappa shape index (κ1) is 15.9. The second-order valence-electron chi connectivity index (χ2n) is 5.86. The van der Waals surface area contributed by atoms with E-state index in [1.807, 2.05) is 0 Å². The summed E-state index contributed by atoms with van der Waals surface area (Å²) < 4.78 is 10.8. The Balaban J connectivity index is 1.60. The van der Waals surface area contributed by atoms with Crippen LogP contribution in [-0.4, -0.2) is 94.9 Å². The first-order valence-corrected chi connectivity index (χ1v) is 8.20. The molecule has 2 saturated heterocycles. The number of fused-ring (bicyclic) bond motifs is 1. The summed E-state index contributed by atoms with van der Waals surface area (Å²) in [7, 11) is 3.15. The molecule has 2 fully saturated rings. The molecule has 5 unspecified atom stereocenters. The van der Waals surface area contributed by atoms with Crippen LogP contribution in [0.1, 0.15) is 6.42 Å². The molecule has 3 aliphatic heterocycles. The summed E-state index contributed by atoms with van der Waals surface area (Å²) in [6.45, 7) is 1.83. The van der Waals surface area contributed by atoms with Crippen molar-refractivity contribution in [1.82, 2.24) is 9.80 Å². The molecule has 3 heterocycles. The summed E-state index contributed by atoms with van der Waals surface area (Å²) in [4.78, 5) is 19.4. The molecule has 3 rings (SSSR count). The lowest BCUT2D eigenvalue weighted by atomic mass is 9.99. The number of hydrogen-bond donors (Lipinski definition) is 2. The molecule has 22 heavy (non-hydrogen) atoms. The lowest BCUT2D eigenvalue weighted by Crippen LogP contribution is -2.56.